The fourth-order valence-electron chi connectivity index (χ4n) is 4.41. The molecule has 148 valence electrons. The Balaban J connectivity index is 1.46. The number of hydrogen-bond donors (Lipinski definition) is 3. The Morgan fingerprint density at radius 1 is 0.931 bits per heavy atom. The molecular formula is C23H22N2O4. The molecule has 4 atom stereocenters. The number of anilines is 2. The molecule has 2 amide bonds. The first-order valence-electron chi connectivity index (χ1n) is 9.63. The summed E-state index contributed by atoms with van der Waals surface area (Å²) in [7, 11) is 0. The van der Waals surface area contributed by atoms with Gasteiger partial charge in [0.05, 0.1) is 11.8 Å². The van der Waals surface area contributed by atoms with Crippen molar-refractivity contribution in [2.75, 3.05) is 10.6 Å². The van der Waals surface area contributed by atoms with E-state index in [2.05, 4.69) is 10.6 Å². The number of rotatable bonds is 5. The lowest BCUT2D eigenvalue weighted by Gasteiger charge is -2.24. The number of aliphatic carboxylic acids is 1. The molecule has 3 N–H and O–H groups in total. The number of carbonyl (C=O) groups excluding carboxylic acids is 2. The molecular weight excluding hydrogens is 368 g/mol. The number of fused-ring (bicyclic) bond motifs is 2. The predicted octanol–water partition coefficient (Wildman–Crippen LogP) is 3.71. The molecule has 29 heavy (non-hydrogen) atoms. The average Bonchev–Trinajstić information content (AvgIpc) is 3.32. The number of carbonyl (C=O) groups is 3. The maximum atomic E-state index is 12.8. The normalized spacial score (nSPS) is 24.3. The van der Waals surface area contributed by atoms with E-state index in [9.17, 15) is 19.5 Å². The van der Waals surface area contributed by atoms with Gasteiger partial charge < -0.3 is 15.7 Å². The van der Waals surface area contributed by atoms with E-state index in [1.165, 1.54) is 0 Å². The van der Waals surface area contributed by atoms with Crippen LogP contribution in [-0.2, 0) is 9.59 Å². The molecule has 0 saturated heterocycles. The molecule has 0 aliphatic heterocycles. The molecule has 6 nitrogen and oxygen atoms in total. The van der Waals surface area contributed by atoms with Gasteiger partial charge in [-0.2, -0.15) is 0 Å². The van der Waals surface area contributed by atoms with Crippen LogP contribution in [0.1, 0.15) is 22.3 Å². The highest BCUT2D eigenvalue weighted by Gasteiger charge is 2.51. The number of nitrogens with one attached hydrogen (secondary N) is 2. The Bertz CT molecular complexity index is 999. The van der Waals surface area contributed by atoms with Crippen LogP contribution in [0, 0.1) is 30.6 Å². The molecule has 2 aromatic carbocycles. The van der Waals surface area contributed by atoms with Gasteiger partial charge >= 0.3 is 5.97 Å². The van der Waals surface area contributed by atoms with E-state index in [4.69, 9.17) is 0 Å². The first kappa shape index (κ1) is 18.9. The van der Waals surface area contributed by atoms with E-state index in [1.807, 2.05) is 25.1 Å². The standard InChI is InChI=1S/C23H22N2O4/c1-13-11-17(9-10-18(13)25-21(26)14-5-3-2-4-6-14)24-22(27)19-15-7-8-16(12-15)20(19)23(28)29/h2-11,15-16,19-20H,12H2,1H3,(H,24,27)(H,25,26)(H,28,29)/t15-,16-,19-,20-/m0/s1. The molecule has 1 saturated carbocycles. The molecule has 6 heteroatoms. The molecule has 0 unspecified atom stereocenters. The third kappa shape index (κ3) is 3.66. The summed E-state index contributed by atoms with van der Waals surface area (Å²) in [6.45, 7) is 1.84. The lowest BCUT2D eigenvalue weighted by Crippen LogP contribution is -2.36. The molecule has 0 spiro atoms. The Kier molecular flexibility index (Phi) is 4.92. The van der Waals surface area contributed by atoms with Crippen molar-refractivity contribution in [1.82, 2.24) is 0 Å². The van der Waals surface area contributed by atoms with Gasteiger partial charge in [-0.25, -0.2) is 0 Å². The third-order valence-corrected chi connectivity index (χ3v) is 5.83. The van der Waals surface area contributed by atoms with Crippen LogP contribution in [0.3, 0.4) is 0 Å². The zero-order valence-corrected chi connectivity index (χ0v) is 16.0. The van der Waals surface area contributed by atoms with Crippen LogP contribution in [-0.4, -0.2) is 22.9 Å². The van der Waals surface area contributed by atoms with Crippen LogP contribution in [0.4, 0.5) is 11.4 Å². The van der Waals surface area contributed by atoms with E-state index < -0.39 is 17.8 Å². The predicted molar refractivity (Wildman–Crippen MR) is 110 cm³/mol. The van der Waals surface area contributed by atoms with Gasteiger partial charge in [0.1, 0.15) is 0 Å². The molecule has 1 fully saturated rings. The number of amides is 2. The van der Waals surface area contributed by atoms with Crippen molar-refractivity contribution in [3.8, 4) is 0 Å². The quantitative estimate of drug-likeness (QED) is 0.678. The number of benzene rings is 2. The maximum Gasteiger partial charge on any atom is 0.307 e. The Hall–Kier alpha value is -3.41. The lowest BCUT2D eigenvalue weighted by molar-refractivity contribution is -0.146. The number of allylic oxidation sites excluding steroid dienone is 2. The number of hydrogen-bond acceptors (Lipinski definition) is 3. The topological polar surface area (TPSA) is 95.5 Å². The van der Waals surface area contributed by atoms with E-state index in [-0.39, 0.29) is 23.7 Å². The minimum atomic E-state index is -0.919. The van der Waals surface area contributed by atoms with Crippen molar-refractivity contribution in [2.24, 2.45) is 23.7 Å². The van der Waals surface area contributed by atoms with Crippen molar-refractivity contribution in [2.45, 2.75) is 13.3 Å². The van der Waals surface area contributed by atoms with E-state index in [0.29, 0.717) is 16.9 Å². The van der Waals surface area contributed by atoms with E-state index >= 15 is 0 Å². The summed E-state index contributed by atoms with van der Waals surface area (Å²) in [5.74, 6) is -2.71. The van der Waals surface area contributed by atoms with Gasteiger partial charge in [0.15, 0.2) is 0 Å². The largest absolute Gasteiger partial charge is 0.481 e. The second-order valence-electron chi connectivity index (χ2n) is 7.68. The second kappa shape index (κ2) is 7.54. The summed E-state index contributed by atoms with van der Waals surface area (Å²) >= 11 is 0. The zero-order valence-electron chi connectivity index (χ0n) is 16.0. The lowest BCUT2D eigenvalue weighted by atomic mass is 9.82. The van der Waals surface area contributed by atoms with Crippen molar-refractivity contribution in [3.63, 3.8) is 0 Å². The zero-order chi connectivity index (χ0) is 20.5. The van der Waals surface area contributed by atoms with Crippen LogP contribution in [0.15, 0.2) is 60.7 Å². The highest BCUT2D eigenvalue weighted by atomic mass is 16.4. The van der Waals surface area contributed by atoms with Gasteiger partial charge in [0.25, 0.3) is 5.91 Å². The average molecular weight is 390 g/mol. The summed E-state index contributed by atoms with van der Waals surface area (Å²) in [5.41, 5.74) is 2.60. The van der Waals surface area contributed by atoms with Gasteiger partial charge in [-0.3, -0.25) is 14.4 Å². The smallest absolute Gasteiger partial charge is 0.307 e. The van der Waals surface area contributed by atoms with Crippen LogP contribution in [0.5, 0.6) is 0 Å². The summed E-state index contributed by atoms with van der Waals surface area (Å²) in [5, 5.41) is 15.3. The van der Waals surface area contributed by atoms with Gasteiger partial charge in [-0.05, 0) is 61.1 Å². The van der Waals surface area contributed by atoms with Gasteiger partial charge in [0, 0.05) is 16.9 Å². The fourth-order valence-corrected chi connectivity index (χ4v) is 4.41. The van der Waals surface area contributed by atoms with Crippen molar-refractivity contribution in [3.05, 3.63) is 71.8 Å². The summed E-state index contributed by atoms with van der Waals surface area (Å²) in [6.07, 6.45) is 4.60. The minimum Gasteiger partial charge on any atom is -0.481 e. The first-order valence-corrected chi connectivity index (χ1v) is 9.63. The number of carboxylic acids is 1. The van der Waals surface area contributed by atoms with Gasteiger partial charge in [-0.1, -0.05) is 30.4 Å². The van der Waals surface area contributed by atoms with Crippen LogP contribution in [0.2, 0.25) is 0 Å². The molecule has 0 aromatic heterocycles. The molecule has 4 rings (SSSR count). The summed E-state index contributed by atoms with van der Waals surface area (Å²) in [4.78, 5) is 36.8. The van der Waals surface area contributed by atoms with Crippen molar-refractivity contribution >= 4 is 29.2 Å². The van der Waals surface area contributed by atoms with Crippen LogP contribution in [0.25, 0.3) is 0 Å². The first-order chi connectivity index (χ1) is 13.9. The minimum absolute atomic E-state index is 0.0216. The van der Waals surface area contributed by atoms with Gasteiger partial charge in [0.2, 0.25) is 5.91 Å². The molecule has 2 aromatic rings. The van der Waals surface area contributed by atoms with Crippen LogP contribution < -0.4 is 10.6 Å². The third-order valence-electron chi connectivity index (χ3n) is 5.83. The number of aryl methyl sites for hydroxylation is 1. The maximum absolute atomic E-state index is 12.8. The molecule has 2 bridgehead atoms. The van der Waals surface area contributed by atoms with Crippen LogP contribution >= 0.6 is 0 Å². The highest BCUT2D eigenvalue weighted by Crippen LogP contribution is 2.48. The second-order valence-corrected chi connectivity index (χ2v) is 7.68. The van der Waals surface area contributed by atoms with Gasteiger partial charge in [-0.15, -0.1) is 0 Å². The SMILES string of the molecule is Cc1cc(NC(=O)[C@@H]2[C@@H](C(=O)O)[C@H]3C=C[C@H]2C3)ccc1NC(=O)c1ccccc1. The Morgan fingerprint density at radius 2 is 1.62 bits per heavy atom. The summed E-state index contributed by atoms with van der Waals surface area (Å²) in [6, 6.07) is 14.2. The Labute approximate surface area is 168 Å². The van der Waals surface area contributed by atoms with E-state index in [0.717, 1.165) is 12.0 Å². The fraction of sp³-hybridized carbons (Fsp3) is 0.261. The van der Waals surface area contributed by atoms with Crippen molar-refractivity contribution in [1.29, 1.82) is 0 Å². The summed E-state index contributed by atoms with van der Waals surface area (Å²) < 4.78 is 0. The van der Waals surface area contributed by atoms with Crippen molar-refractivity contribution < 1.29 is 19.5 Å². The Morgan fingerprint density at radius 3 is 2.28 bits per heavy atom. The molecule has 2 aliphatic carbocycles. The number of carboxylic acid groups (broad SMARTS) is 1. The molecule has 0 radical (unpaired) electrons. The molecule has 0 heterocycles. The molecule has 2 aliphatic rings. The monoisotopic (exact) mass is 390 g/mol. The van der Waals surface area contributed by atoms with E-state index in [1.54, 1.807) is 42.5 Å². The highest BCUT2D eigenvalue weighted by molar-refractivity contribution is 6.05.